The summed E-state index contributed by atoms with van der Waals surface area (Å²) in [7, 11) is 1.63. The van der Waals surface area contributed by atoms with Crippen molar-refractivity contribution in [3.05, 3.63) is 48.3 Å². The number of ether oxygens (including phenoxy) is 1. The Hall–Kier alpha value is -2.23. The monoisotopic (exact) mass is 257 g/mol. The van der Waals surface area contributed by atoms with Crippen LogP contribution in [0.25, 0.3) is 0 Å². The van der Waals surface area contributed by atoms with Crippen molar-refractivity contribution in [3.63, 3.8) is 0 Å². The van der Waals surface area contributed by atoms with Crippen LogP contribution < -0.4 is 15.8 Å². The summed E-state index contributed by atoms with van der Waals surface area (Å²) in [6.45, 7) is 0.914. The van der Waals surface area contributed by atoms with E-state index in [2.05, 4.69) is 16.4 Å². The minimum atomic E-state index is 0.695. The van der Waals surface area contributed by atoms with Gasteiger partial charge in [-0.05, 0) is 42.7 Å². The number of rotatable bonds is 6. The Labute approximate surface area is 113 Å². The molecule has 0 aliphatic heterocycles. The number of aromatic nitrogens is 1. The molecule has 0 aliphatic rings. The van der Waals surface area contributed by atoms with Gasteiger partial charge in [0.15, 0.2) is 0 Å². The molecule has 0 fully saturated rings. The van der Waals surface area contributed by atoms with Crippen molar-refractivity contribution in [2.24, 2.45) is 0 Å². The van der Waals surface area contributed by atoms with Crippen molar-refractivity contribution in [1.82, 2.24) is 4.98 Å². The first-order valence-electron chi connectivity index (χ1n) is 6.36. The molecule has 0 bridgehead atoms. The van der Waals surface area contributed by atoms with Crippen LogP contribution >= 0.6 is 0 Å². The van der Waals surface area contributed by atoms with Crippen molar-refractivity contribution in [2.75, 3.05) is 24.7 Å². The third kappa shape index (κ3) is 3.88. The Bertz CT molecular complexity index is 514. The summed E-state index contributed by atoms with van der Waals surface area (Å²) in [4.78, 5) is 4.06. The molecule has 3 N–H and O–H groups in total. The molecule has 19 heavy (non-hydrogen) atoms. The second kappa shape index (κ2) is 6.64. The van der Waals surface area contributed by atoms with E-state index in [-0.39, 0.29) is 0 Å². The van der Waals surface area contributed by atoms with Crippen LogP contribution in [0.3, 0.4) is 0 Å². The first kappa shape index (κ1) is 13.2. The van der Waals surface area contributed by atoms with Crippen molar-refractivity contribution in [3.8, 4) is 5.75 Å². The fourth-order valence-corrected chi connectivity index (χ4v) is 1.93. The second-order valence-electron chi connectivity index (χ2n) is 4.35. The van der Waals surface area contributed by atoms with Crippen molar-refractivity contribution >= 4 is 11.4 Å². The largest absolute Gasteiger partial charge is 0.495 e. The van der Waals surface area contributed by atoms with Crippen molar-refractivity contribution < 1.29 is 4.74 Å². The van der Waals surface area contributed by atoms with Gasteiger partial charge in [0.05, 0.1) is 18.5 Å². The Morgan fingerprint density at radius 3 is 2.89 bits per heavy atom. The predicted molar refractivity (Wildman–Crippen MR) is 78.5 cm³/mol. The van der Waals surface area contributed by atoms with E-state index < -0.39 is 0 Å². The number of nitrogens with zero attached hydrogens (tertiary/aromatic N) is 1. The fraction of sp³-hybridized carbons (Fsp3) is 0.267. The summed E-state index contributed by atoms with van der Waals surface area (Å²) in [5, 5.41) is 3.33. The molecule has 0 saturated heterocycles. The molecular formula is C15H19N3O. The van der Waals surface area contributed by atoms with Crippen molar-refractivity contribution in [1.29, 1.82) is 0 Å². The van der Waals surface area contributed by atoms with Gasteiger partial charge in [0, 0.05) is 18.9 Å². The van der Waals surface area contributed by atoms with E-state index in [1.165, 1.54) is 5.56 Å². The summed E-state index contributed by atoms with van der Waals surface area (Å²) in [5.41, 5.74) is 8.85. The maximum atomic E-state index is 5.88. The zero-order chi connectivity index (χ0) is 13.5. The Kier molecular flexibility index (Phi) is 4.61. The van der Waals surface area contributed by atoms with Crippen LogP contribution in [0, 0.1) is 0 Å². The third-order valence-electron chi connectivity index (χ3n) is 2.93. The van der Waals surface area contributed by atoms with Gasteiger partial charge in [-0.25, -0.2) is 0 Å². The topological polar surface area (TPSA) is 60.2 Å². The highest BCUT2D eigenvalue weighted by molar-refractivity contribution is 5.54. The van der Waals surface area contributed by atoms with E-state index in [1.807, 2.05) is 30.5 Å². The zero-order valence-corrected chi connectivity index (χ0v) is 11.1. The number of hydrogen-bond acceptors (Lipinski definition) is 4. The van der Waals surface area contributed by atoms with Crippen LogP contribution in [-0.2, 0) is 6.42 Å². The fourth-order valence-electron chi connectivity index (χ4n) is 1.93. The molecule has 0 saturated carbocycles. The number of nitrogen functional groups attached to an aromatic ring is 1. The maximum Gasteiger partial charge on any atom is 0.141 e. The number of aryl methyl sites for hydroxylation is 1. The molecule has 2 aromatic rings. The molecule has 0 atom stereocenters. The zero-order valence-electron chi connectivity index (χ0n) is 11.1. The van der Waals surface area contributed by atoms with Crippen LogP contribution in [0.1, 0.15) is 12.0 Å². The van der Waals surface area contributed by atoms with Crippen LogP contribution in [0.4, 0.5) is 11.4 Å². The smallest absolute Gasteiger partial charge is 0.141 e. The lowest BCUT2D eigenvalue weighted by molar-refractivity contribution is 0.417. The van der Waals surface area contributed by atoms with Gasteiger partial charge in [-0.1, -0.05) is 6.07 Å². The van der Waals surface area contributed by atoms with Crippen LogP contribution in [-0.4, -0.2) is 18.6 Å². The second-order valence-corrected chi connectivity index (χ2v) is 4.35. The summed E-state index contributed by atoms with van der Waals surface area (Å²) >= 11 is 0. The maximum absolute atomic E-state index is 5.88. The number of benzene rings is 1. The first-order chi connectivity index (χ1) is 9.29. The van der Waals surface area contributed by atoms with Crippen molar-refractivity contribution in [2.45, 2.75) is 12.8 Å². The summed E-state index contributed by atoms with van der Waals surface area (Å²) in [6, 6.07) is 9.88. The summed E-state index contributed by atoms with van der Waals surface area (Å²) < 4.78 is 5.14. The molecule has 0 spiro atoms. The van der Waals surface area contributed by atoms with E-state index in [4.69, 9.17) is 10.5 Å². The number of anilines is 2. The van der Waals surface area contributed by atoms with E-state index in [0.717, 1.165) is 30.8 Å². The molecule has 0 amide bonds. The highest BCUT2D eigenvalue weighted by Gasteiger charge is 2.00. The lowest BCUT2D eigenvalue weighted by Gasteiger charge is -2.08. The lowest BCUT2D eigenvalue weighted by atomic mass is 10.1. The normalized spacial score (nSPS) is 10.2. The van der Waals surface area contributed by atoms with Gasteiger partial charge in [0.1, 0.15) is 5.75 Å². The van der Waals surface area contributed by atoms with Crippen LogP contribution in [0.2, 0.25) is 0 Å². The SMILES string of the molecule is COc1ccc(CCCNc2cccnc2)cc1N. The van der Waals surface area contributed by atoms with Crippen LogP contribution in [0.5, 0.6) is 5.75 Å². The molecule has 0 radical (unpaired) electrons. The first-order valence-corrected chi connectivity index (χ1v) is 6.36. The van der Waals surface area contributed by atoms with Gasteiger partial charge in [0.25, 0.3) is 0 Å². The number of methoxy groups -OCH3 is 1. The van der Waals surface area contributed by atoms with Gasteiger partial charge in [-0.15, -0.1) is 0 Å². The third-order valence-corrected chi connectivity index (χ3v) is 2.93. The van der Waals surface area contributed by atoms with Gasteiger partial charge >= 0.3 is 0 Å². The number of hydrogen-bond donors (Lipinski definition) is 2. The van der Waals surface area contributed by atoms with E-state index in [1.54, 1.807) is 13.3 Å². The van der Waals surface area contributed by atoms with E-state index in [9.17, 15) is 0 Å². The summed E-state index contributed by atoms with van der Waals surface area (Å²) in [5.74, 6) is 0.734. The molecule has 0 aliphatic carbocycles. The number of nitrogens with two attached hydrogens (primary N) is 1. The van der Waals surface area contributed by atoms with E-state index >= 15 is 0 Å². The average Bonchev–Trinajstić information content (AvgIpc) is 2.45. The highest BCUT2D eigenvalue weighted by Crippen LogP contribution is 2.22. The molecule has 1 heterocycles. The lowest BCUT2D eigenvalue weighted by Crippen LogP contribution is -2.03. The predicted octanol–water partition coefficient (Wildman–Crippen LogP) is 2.72. The molecule has 100 valence electrons. The molecule has 2 rings (SSSR count). The van der Waals surface area contributed by atoms with Gasteiger partial charge in [-0.3, -0.25) is 4.98 Å². The van der Waals surface area contributed by atoms with Gasteiger partial charge in [-0.2, -0.15) is 0 Å². The minimum Gasteiger partial charge on any atom is -0.495 e. The number of nitrogens with one attached hydrogen (secondary N) is 1. The molecule has 1 aromatic carbocycles. The Morgan fingerprint density at radius 1 is 1.32 bits per heavy atom. The molecule has 4 heteroatoms. The summed E-state index contributed by atoms with van der Waals surface area (Å²) in [6.07, 6.45) is 5.62. The molecule has 1 aromatic heterocycles. The average molecular weight is 257 g/mol. The molecular weight excluding hydrogens is 238 g/mol. The Balaban J connectivity index is 1.78. The van der Waals surface area contributed by atoms with Gasteiger partial charge in [0.2, 0.25) is 0 Å². The number of pyridine rings is 1. The molecule has 4 nitrogen and oxygen atoms in total. The van der Waals surface area contributed by atoms with Gasteiger partial charge < -0.3 is 15.8 Å². The standard InChI is InChI=1S/C15H19N3O/c1-19-15-7-6-12(10-14(15)16)4-2-9-18-13-5-3-8-17-11-13/h3,5-8,10-11,18H,2,4,9,16H2,1H3. The molecule has 0 unspecified atom stereocenters. The van der Waals surface area contributed by atoms with Crippen LogP contribution in [0.15, 0.2) is 42.7 Å². The minimum absolute atomic E-state index is 0.695. The Morgan fingerprint density at radius 2 is 2.21 bits per heavy atom. The quantitative estimate of drug-likeness (QED) is 0.617. The highest BCUT2D eigenvalue weighted by atomic mass is 16.5. The van der Waals surface area contributed by atoms with E-state index in [0.29, 0.717) is 5.69 Å².